The summed E-state index contributed by atoms with van der Waals surface area (Å²) in [7, 11) is 0. The fourth-order valence-electron chi connectivity index (χ4n) is 2.30. The van der Waals surface area contributed by atoms with E-state index >= 15 is 0 Å². The van der Waals surface area contributed by atoms with Gasteiger partial charge in [0.05, 0.1) is 11.1 Å². The molecule has 21 heavy (non-hydrogen) atoms. The lowest BCUT2D eigenvalue weighted by Crippen LogP contribution is -2.40. The zero-order chi connectivity index (χ0) is 15.8. The third-order valence-corrected chi connectivity index (χ3v) is 4.27. The molecule has 0 saturated heterocycles. The van der Waals surface area contributed by atoms with Crippen molar-refractivity contribution in [2.45, 2.75) is 52.5 Å². The minimum Gasteiger partial charge on any atom is -0.294 e. The second-order valence-corrected chi connectivity index (χ2v) is 6.25. The van der Waals surface area contributed by atoms with E-state index in [4.69, 9.17) is 23.2 Å². The second-order valence-electron chi connectivity index (χ2n) is 5.41. The Morgan fingerprint density at radius 2 is 1.71 bits per heavy atom. The normalized spacial score (nSPS) is 12.7. The largest absolute Gasteiger partial charge is 0.294 e. The fraction of sp³-hybridized carbons (Fsp3) is 0.588. The van der Waals surface area contributed by atoms with Gasteiger partial charge in [0.25, 0.3) is 0 Å². The molecule has 0 fully saturated rings. The van der Waals surface area contributed by atoms with Crippen molar-refractivity contribution in [1.29, 1.82) is 0 Å². The van der Waals surface area contributed by atoms with Crippen molar-refractivity contribution in [2.75, 3.05) is 13.1 Å². The summed E-state index contributed by atoms with van der Waals surface area (Å²) in [6.07, 6.45) is 4.47. The Balaban J connectivity index is 2.85. The molecule has 0 amide bonds. The molecule has 0 saturated carbocycles. The van der Waals surface area contributed by atoms with Crippen molar-refractivity contribution >= 4 is 29.0 Å². The number of benzene rings is 1. The lowest BCUT2D eigenvalue weighted by molar-refractivity contribution is 0.0833. The number of hydrogen-bond acceptors (Lipinski definition) is 2. The van der Waals surface area contributed by atoms with Gasteiger partial charge in [-0.3, -0.25) is 9.69 Å². The highest BCUT2D eigenvalue weighted by Crippen LogP contribution is 2.23. The molecule has 4 heteroatoms. The molecule has 0 N–H and O–H groups in total. The zero-order valence-corrected chi connectivity index (χ0v) is 14.7. The van der Waals surface area contributed by atoms with Crippen molar-refractivity contribution < 1.29 is 4.79 Å². The van der Waals surface area contributed by atoms with Gasteiger partial charge in [0.15, 0.2) is 5.78 Å². The van der Waals surface area contributed by atoms with Crippen LogP contribution in [0.5, 0.6) is 0 Å². The Bertz CT molecular complexity index is 454. The standard InChI is InChI=1S/C17H25Cl2NO/c1-4-6-10-20(11-7-5-2)13(3)17(21)15-9-8-14(18)12-16(15)19/h8-9,12-13H,4-7,10-11H2,1-3H3. The molecule has 2 nitrogen and oxygen atoms in total. The van der Waals surface area contributed by atoms with Crippen LogP contribution in [0.2, 0.25) is 10.0 Å². The summed E-state index contributed by atoms with van der Waals surface area (Å²) in [6.45, 7) is 8.21. The van der Waals surface area contributed by atoms with E-state index in [0.29, 0.717) is 15.6 Å². The Kier molecular flexibility index (Phi) is 8.31. The Morgan fingerprint density at radius 3 is 2.19 bits per heavy atom. The van der Waals surface area contributed by atoms with Crippen molar-refractivity contribution in [1.82, 2.24) is 4.90 Å². The van der Waals surface area contributed by atoms with E-state index in [-0.39, 0.29) is 11.8 Å². The van der Waals surface area contributed by atoms with E-state index in [9.17, 15) is 4.79 Å². The first-order chi connectivity index (χ1) is 10.0. The first-order valence-electron chi connectivity index (χ1n) is 7.74. The quantitative estimate of drug-likeness (QED) is 0.560. The van der Waals surface area contributed by atoms with Crippen LogP contribution in [0.25, 0.3) is 0 Å². The van der Waals surface area contributed by atoms with Crippen LogP contribution in [0.3, 0.4) is 0 Å². The number of hydrogen-bond donors (Lipinski definition) is 0. The minimum absolute atomic E-state index is 0.0730. The van der Waals surface area contributed by atoms with Crippen LogP contribution in [-0.2, 0) is 0 Å². The van der Waals surface area contributed by atoms with E-state index in [2.05, 4.69) is 18.7 Å². The summed E-state index contributed by atoms with van der Waals surface area (Å²) in [4.78, 5) is 14.9. The van der Waals surface area contributed by atoms with Gasteiger partial charge >= 0.3 is 0 Å². The molecule has 0 bridgehead atoms. The number of rotatable bonds is 9. The van der Waals surface area contributed by atoms with Gasteiger partial charge in [0.1, 0.15) is 0 Å². The number of Topliss-reactive ketones (excluding diaryl/α,β-unsaturated/α-hetero) is 1. The SMILES string of the molecule is CCCCN(CCCC)C(C)C(=O)c1ccc(Cl)cc1Cl. The Hall–Kier alpha value is -0.570. The maximum atomic E-state index is 12.7. The van der Waals surface area contributed by atoms with Crippen LogP contribution in [-0.4, -0.2) is 29.8 Å². The molecule has 1 aromatic carbocycles. The molecule has 0 spiro atoms. The van der Waals surface area contributed by atoms with Gasteiger partial charge < -0.3 is 0 Å². The van der Waals surface area contributed by atoms with Crippen LogP contribution in [0, 0.1) is 0 Å². The van der Waals surface area contributed by atoms with Crippen LogP contribution in [0.1, 0.15) is 56.8 Å². The van der Waals surface area contributed by atoms with E-state index in [0.717, 1.165) is 38.8 Å². The molecule has 118 valence electrons. The molecule has 0 aliphatic rings. The number of halogens is 2. The molecule has 0 heterocycles. The number of carbonyl (C=O) groups is 1. The van der Waals surface area contributed by atoms with E-state index < -0.39 is 0 Å². The number of ketones is 1. The molecule has 0 aliphatic heterocycles. The highest BCUT2D eigenvalue weighted by molar-refractivity contribution is 6.37. The van der Waals surface area contributed by atoms with Crippen LogP contribution in [0.4, 0.5) is 0 Å². The summed E-state index contributed by atoms with van der Waals surface area (Å²) in [6, 6.07) is 4.92. The predicted octanol–water partition coefficient (Wildman–Crippen LogP) is 5.47. The molecule has 1 atom stereocenters. The van der Waals surface area contributed by atoms with Crippen molar-refractivity contribution in [3.63, 3.8) is 0 Å². The highest BCUT2D eigenvalue weighted by Gasteiger charge is 2.23. The number of nitrogens with zero attached hydrogens (tertiary/aromatic N) is 1. The molecule has 1 rings (SSSR count). The summed E-state index contributed by atoms with van der Waals surface area (Å²) < 4.78 is 0. The Labute approximate surface area is 138 Å². The number of carbonyl (C=O) groups excluding carboxylic acids is 1. The van der Waals surface area contributed by atoms with E-state index in [1.54, 1.807) is 18.2 Å². The monoisotopic (exact) mass is 329 g/mol. The van der Waals surface area contributed by atoms with Gasteiger partial charge in [-0.15, -0.1) is 0 Å². The summed E-state index contributed by atoms with van der Waals surface area (Å²) >= 11 is 12.1. The third-order valence-electron chi connectivity index (χ3n) is 3.72. The molecule has 0 aromatic heterocycles. The van der Waals surface area contributed by atoms with Crippen LogP contribution in [0.15, 0.2) is 18.2 Å². The van der Waals surface area contributed by atoms with Gasteiger partial charge in [-0.25, -0.2) is 0 Å². The van der Waals surface area contributed by atoms with Gasteiger partial charge in [-0.2, -0.15) is 0 Å². The molecule has 0 aliphatic carbocycles. The summed E-state index contributed by atoms with van der Waals surface area (Å²) in [5, 5.41) is 0.989. The molecule has 1 aromatic rings. The average Bonchev–Trinajstić information content (AvgIpc) is 2.46. The maximum absolute atomic E-state index is 12.7. The summed E-state index contributed by atoms with van der Waals surface area (Å²) in [5.41, 5.74) is 0.562. The van der Waals surface area contributed by atoms with E-state index in [1.807, 2.05) is 6.92 Å². The number of unbranched alkanes of at least 4 members (excludes halogenated alkanes) is 2. The lowest BCUT2D eigenvalue weighted by atomic mass is 10.0. The van der Waals surface area contributed by atoms with Gasteiger partial charge in [0.2, 0.25) is 0 Å². The van der Waals surface area contributed by atoms with Gasteiger partial charge in [0, 0.05) is 10.6 Å². The first-order valence-corrected chi connectivity index (χ1v) is 8.50. The molecular formula is C17H25Cl2NO. The maximum Gasteiger partial charge on any atom is 0.181 e. The van der Waals surface area contributed by atoms with Gasteiger partial charge in [-0.05, 0) is 51.1 Å². The molecule has 1 unspecified atom stereocenters. The fourth-order valence-corrected chi connectivity index (χ4v) is 2.80. The van der Waals surface area contributed by atoms with Crippen LogP contribution >= 0.6 is 23.2 Å². The average molecular weight is 330 g/mol. The van der Waals surface area contributed by atoms with Crippen molar-refractivity contribution in [3.8, 4) is 0 Å². The van der Waals surface area contributed by atoms with Crippen LogP contribution < -0.4 is 0 Å². The predicted molar refractivity (Wildman–Crippen MR) is 91.6 cm³/mol. The van der Waals surface area contributed by atoms with Crippen molar-refractivity contribution in [3.05, 3.63) is 33.8 Å². The van der Waals surface area contributed by atoms with Crippen molar-refractivity contribution in [2.24, 2.45) is 0 Å². The third kappa shape index (κ3) is 5.61. The Morgan fingerprint density at radius 1 is 1.14 bits per heavy atom. The highest BCUT2D eigenvalue weighted by atomic mass is 35.5. The topological polar surface area (TPSA) is 20.3 Å². The van der Waals surface area contributed by atoms with Gasteiger partial charge in [-0.1, -0.05) is 49.9 Å². The second kappa shape index (κ2) is 9.45. The summed E-state index contributed by atoms with van der Waals surface area (Å²) in [5.74, 6) is 0.0730. The minimum atomic E-state index is -0.151. The van der Waals surface area contributed by atoms with E-state index in [1.165, 1.54) is 0 Å². The molecule has 0 radical (unpaired) electrons. The smallest absolute Gasteiger partial charge is 0.181 e. The molecular weight excluding hydrogens is 305 g/mol. The zero-order valence-electron chi connectivity index (χ0n) is 13.2. The lowest BCUT2D eigenvalue weighted by Gasteiger charge is -2.28. The first kappa shape index (κ1) is 18.5.